The van der Waals surface area contributed by atoms with Gasteiger partial charge in [0.1, 0.15) is 12.4 Å². The Morgan fingerprint density at radius 3 is 2.58 bits per heavy atom. The van der Waals surface area contributed by atoms with Gasteiger partial charge in [0.15, 0.2) is 0 Å². The molecule has 5 heteroatoms. The number of oxime groups is 1. The first kappa shape index (κ1) is 25.4. The topological polar surface area (TPSA) is 73.1 Å². The minimum Gasteiger partial charge on any atom is -0.411 e. The molecule has 0 radical (unpaired) electrons. The van der Waals surface area contributed by atoms with E-state index < -0.39 is 5.41 Å². The lowest BCUT2D eigenvalue weighted by Crippen LogP contribution is -2.50. The van der Waals surface area contributed by atoms with Crippen LogP contribution in [0.5, 0.6) is 0 Å². The monoisotopic (exact) mass is 512 g/mol. The average Bonchev–Trinajstić information content (AvgIpc) is 3.58. The summed E-state index contributed by atoms with van der Waals surface area (Å²) in [6.07, 6.45) is 11.1. The lowest BCUT2D eigenvalue weighted by atomic mass is 9.48. The van der Waals surface area contributed by atoms with Crippen molar-refractivity contribution < 1.29 is 15.1 Å². The summed E-state index contributed by atoms with van der Waals surface area (Å²) in [4.78, 5) is 15.9. The number of benzene rings is 1. The molecule has 4 aliphatic carbocycles. The Balaban J connectivity index is 1.49. The highest BCUT2D eigenvalue weighted by atomic mass is 16.4. The number of hydrogen-bond acceptors (Lipinski definition) is 5. The fourth-order valence-corrected chi connectivity index (χ4v) is 9.03. The van der Waals surface area contributed by atoms with Gasteiger partial charge in [-0.15, -0.1) is 0 Å². The van der Waals surface area contributed by atoms with E-state index in [4.69, 9.17) is 0 Å². The van der Waals surface area contributed by atoms with Crippen LogP contribution in [-0.2, 0) is 4.79 Å². The van der Waals surface area contributed by atoms with Gasteiger partial charge >= 0.3 is 0 Å². The Hall–Kier alpha value is -2.84. The number of aliphatic hydroxyl groups is 1. The van der Waals surface area contributed by atoms with E-state index in [0.717, 1.165) is 63.7 Å². The van der Waals surface area contributed by atoms with Crippen molar-refractivity contribution in [3.63, 3.8) is 0 Å². The summed E-state index contributed by atoms with van der Waals surface area (Å²) in [6.45, 7) is 6.10. The lowest BCUT2D eigenvalue weighted by Gasteiger charge is -2.54. The second-order valence-electron chi connectivity index (χ2n) is 12.4. The summed E-state index contributed by atoms with van der Waals surface area (Å²) in [5.74, 6) is 7.46. The molecule has 2 saturated carbocycles. The molecule has 2 N–H and O–H groups in total. The molecule has 0 aromatic heterocycles. The fraction of sp³-hybridized carbons (Fsp3) is 0.576. The third-order valence-electron chi connectivity index (χ3n) is 10.8. The highest BCUT2D eigenvalue weighted by Gasteiger charge is 2.64. The van der Waals surface area contributed by atoms with Gasteiger partial charge in [0, 0.05) is 24.7 Å². The van der Waals surface area contributed by atoms with Gasteiger partial charge in [-0.2, -0.15) is 0 Å². The minimum atomic E-state index is -0.705. The molecule has 6 rings (SSSR count). The third kappa shape index (κ3) is 3.79. The molecule has 1 saturated heterocycles. The first-order valence-electron chi connectivity index (χ1n) is 14.5. The minimum absolute atomic E-state index is 0.153. The van der Waals surface area contributed by atoms with E-state index in [-0.39, 0.29) is 23.7 Å². The molecular formula is C33H40N2O3. The van der Waals surface area contributed by atoms with E-state index in [1.807, 2.05) is 0 Å². The molecular weight excluding hydrogens is 472 g/mol. The molecule has 5 atom stereocenters. The predicted octanol–water partition coefficient (Wildman–Crippen LogP) is 6.02. The van der Waals surface area contributed by atoms with Crippen molar-refractivity contribution in [2.24, 2.45) is 27.8 Å². The zero-order valence-electron chi connectivity index (χ0n) is 22.8. The summed E-state index contributed by atoms with van der Waals surface area (Å²) >= 11 is 0. The maximum absolute atomic E-state index is 13.4. The highest BCUT2D eigenvalue weighted by Crippen LogP contribution is 2.69. The van der Waals surface area contributed by atoms with E-state index in [2.05, 4.69) is 59.2 Å². The van der Waals surface area contributed by atoms with Crippen molar-refractivity contribution >= 4 is 17.2 Å². The molecule has 1 aromatic carbocycles. The molecule has 200 valence electrons. The van der Waals surface area contributed by atoms with Crippen LogP contribution in [-0.4, -0.2) is 41.5 Å². The average molecular weight is 513 g/mol. The molecule has 0 amide bonds. The Kier molecular flexibility index (Phi) is 6.51. The number of fused-ring (bicyclic) bond motifs is 4. The van der Waals surface area contributed by atoms with Gasteiger partial charge in [-0.3, -0.25) is 4.79 Å². The molecule has 38 heavy (non-hydrogen) atoms. The number of aliphatic hydroxyl groups excluding tert-OH is 1. The zero-order chi connectivity index (χ0) is 26.5. The molecule has 1 aromatic rings. The van der Waals surface area contributed by atoms with Crippen molar-refractivity contribution in [1.29, 1.82) is 0 Å². The van der Waals surface area contributed by atoms with Crippen LogP contribution in [0.4, 0.5) is 5.69 Å². The van der Waals surface area contributed by atoms with Gasteiger partial charge in [-0.05, 0) is 117 Å². The van der Waals surface area contributed by atoms with Gasteiger partial charge in [0.05, 0.1) is 11.1 Å². The molecule has 1 aliphatic heterocycles. The maximum Gasteiger partial charge on any atom is 0.148 e. The number of allylic oxidation sites excluding steroid dienone is 4. The van der Waals surface area contributed by atoms with E-state index in [0.29, 0.717) is 11.8 Å². The van der Waals surface area contributed by atoms with Crippen LogP contribution in [0.3, 0.4) is 0 Å². The number of ketones is 1. The Morgan fingerprint density at radius 1 is 1.13 bits per heavy atom. The SMILES string of the molecule is CC(=O)[C@@]1(C#CCO)CC[C@H]2[C@@H]3CCC4=CC(=NO)CCC4=C3[C@@H](c3ccc(N4CCCC4)cc3)C[C@@]21C. The largest absolute Gasteiger partial charge is 0.411 e. The van der Waals surface area contributed by atoms with E-state index in [9.17, 15) is 15.1 Å². The number of nitrogens with zero attached hydrogens (tertiary/aromatic N) is 2. The number of carbonyl (C=O) groups is 1. The second kappa shape index (κ2) is 9.72. The quantitative estimate of drug-likeness (QED) is 0.295. The van der Waals surface area contributed by atoms with Gasteiger partial charge in [-0.25, -0.2) is 0 Å². The number of rotatable bonds is 3. The standard InChI is InChI=1S/C33H40N2O3/c1-22(37)33(15-5-19-36)16-14-30-28-12-8-24-20-25(34-38)9-13-27(24)31(28)29(21-32(30,33)2)23-6-10-26(11-7-23)35-17-3-4-18-35/h6-7,10-11,20,28-30,36,38H,3-4,8-9,12-14,16-19,21H2,1-2H3/t28-,29+,30-,32-,33+/m0/s1. The molecule has 0 spiro atoms. The number of anilines is 1. The Labute approximate surface area is 226 Å². The van der Waals surface area contributed by atoms with Crippen LogP contribution in [0.1, 0.15) is 83.1 Å². The Bertz CT molecular complexity index is 1270. The van der Waals surface area contributed by atoms with Crippen LogP contribution in [0, 0.1) is 34.5 Å². The lowest BCUT2D eigenvalue weighted by molar-refractivity contribution is -0.130. The summed E-state index contributed by atoms with van der Waals surface area (Å²) in [5, 5.41) is 22.6. The second-order valence-corrected chi connectivity index (χ2v) is 12.4. The van der Waals surface area contributed by atoms with Crippen LogP contribution in [0.15, 0.2) is 52.2 Å². The maximum atomic E-state index is 13.4. The predicted molar refractivity (Wildman–Crippen MR) is 150 cm³/mol. The summed E-state index contributed by atoms with van der Waals surface area (Å²) in [5.41, 5.74) is 6.86. The first-order chi connectivity index (χ1) is 18.4. The van der Waals surface area contributed by atoms with Crippen molar-refractivity contribution in [3.05, 3.63) is 52.6 Å². The molecule has 3 fully saturated rings. The van der Waals surface area contributed by atoms with Crippen molar-refractivity contribution in [2.75, 3.05) is 24.6 Å². The molecule has 5 nitrogen and oxygen atoms in total. The summed E-state index contributed by atoms with van der Waals surface area (Å²) in [7, 11) is 0. The van der Waals surface area contributed by atoms with E-state index >= 15 is 0 Å². The number of hydrogen-bond donors (Lipinski definition) is 2. The molecule has 1 heterocycles. The van der Waals surface area contributed by atoms with Gasteiger partial charge in [-0.1, -0.05) is 41.6 Å². The summed E-state index contributed by atoms with van der Waals surface area (Å²) in [6, 6.07) is 9.26. The van der Waals surface area contributed by atoms with E-state index in [1.165, 1.54) is 35.2 Å². The third-order valence-corrected chi connectivity index (χ3v) is 10.8. The van der Waals surface area contributed by atoms with Crippen LogP contribution >= 0.6 is 0 Å². The summed E-state index contributed by atoms with van der Waals surface area (Å²) < 4.78 is 0. The molecule has 5 aliphatic rings. The van der Waals surface area contributed by atoms with Gasteiger partial charge in [0.2, 0.25) is 0 Å². The molecule has 0 bridgehead atoms. The Morgan fingerprint density at radius 2 is 1.89 bits per heavy atom. The van der Waals surface area contributed by atoms with Crippen LogP contribution in [0.2, 0.25) is 0 Å². The van der Waals surface area contributed by atoms with Crippen LogP contribution in [0.25, 0.3) is 0 Å². The smallest absolute Gasteiger partial charge is 0.148 e. The van der Waals surface area contributed by atoms with Crippen molar-refractivity contribution in [3.8, 4) is 11.8 Å². The zero-order valence-corrected chi connectivity index (χ0v) is 22.8. The number of carbonyl (C=O) groups excluding carboxylic acids is 1. The fourth-order valence-electron chi connectivity index (χ4n) is 9.03. The highest BCUT2D eigenvalue weighted by molar-refractivity contribution is 5.97. The van der Waals surface area contributed by atoms with E-state index in [1.54, 1.807) is 12.5 Å². The molecule has 0 unspecified atom stereocenters. The number of Topliss-reactive ketones (excluding diaryl/α,β-unsaturated/α-hetero) is 1. The van der Waals surface area contributed by atoms with Crippen LogP contribution < -0.4 is 4.90 Å². The first-order valence-corrected chi connectivity index (χ1v) is 14.5. The normalized spacial score (nSPS) is 35.2. The van der Waals surface area contributed by atoms with Gasteiger partial charge in [0.25, 0.3) is 0 Å². The van der Waals surface area contributed by atoms with Gasteiger partial charge < -0.3 is 15.2 Å². The van der Waals surface area contributed by atoms with Crippen molar-refractivity contribution in [2.45, 2.75) is 77.6 Å². The van der Waals surface area contributed by atoms with Crippen molar-refractivity contribution in [1.82, 2.24) is 0 Å².